The molecule has 0 aromatic heterocycles. The number of carbonyl (C=O) groups excluding carboxylic acids is 1. The molecule has 0 aliphatic carbocycles. The first-order valence-corrected chi connectivity index (χ1v) is 7.96. The van der Waals surface area contributed by atoms with E-state index in [2.05, 4.69) is 16.3 Å². The lowest BCUT2D eigenvalue weighted by molar-refractivity contribution is 0.0772. The van der Waals surface area contributed by atoms with Gasteiger partial charge in [0.25, 0.3) is 5.91 Å². The van der Waals surface area contributed by atoms with Gasteiger partial charge in [-0.25, -0.2) is 0 Å². The van der Waals surface area contributed by atoms with E-state index in [0.29, 0.717) is 6.04 Å². The summed E-state index contributed by atoms with van der Waals surface area (Å²) in [7, 11) is 0. The van der Waals surface area contributed by atoms with Gasteiger partial charge >= 0.3 is 0 Å². The van der Waals surface area contributed by atoms with Crippen LogP contribution in [0, 0.1) is 13.8 Å². The third kappa shape index (κ3) is 3.11. The van der Waals surface area contributed by atoms with E-state index in [0.717, 1.165) is 62.4 Å². The van der Waals surface area contributed by atoms with Crippen LogP contribution in [-0.4, -0.2) is 61.0 Å². The van der Waals surface area contributed by atoms with Crippen molar-refractivity contribution in [3.05, 3.63) is 34.9 Å². The summed E-state index contributed by atoms with van der Waals surface area (Å²) in [5, 5.41) is 3.39. The van der Waals surface area contributed by atoms with Gasteiger partial charge in [-0.1, -0.05) is 17.7 Å². The highest BCUT2D eigenvalue weighted by atomic mass is 16.2. The third-order valence-corrected chi connectivity index (χ3v) is 4.74. The Morgan fingerprint density at radius 1 is 1.19 bits per heavy atom. The molecule has 0 bridgehead atoms. The smallest absolute Gasteiger partial charge is 0.254 e. The minimum absolute atomic E-state index is 0.203. The molecular formula is C17H25N3O. The van der Waals surface area contributed by atoms with Gasteiger partial charge in [0.2, 0.25) is 0 Å². The van der Waals surface area contributed by atoms with Crippen LogP contribution in [0.5, 0.6) is 0 Å². The predicted molar refractivity (Wildman–Crippen MR) is 84.7 cm³/mol. The zero-order valence-corrected chi connectivity index (χ0v) is 13.1. The fourth-order valence-electron chi connectivity index (χ4n) is 3.41. The number of nitrogens with one attached hydrogen (secondary N) is 1. The maximum Gasteiger partial charge on any atom is 0.254 e. The SMILES string of the molecule is Cc1ccc(C)c(C(=O)N2CCC(N3CCNCC3)C2)c1. The number of likely N-dealkylation sites (tertiary alicyclic amines) is 1. The Kier molecular flexibility index (Phi) is 4.27. The second-order valence-electron chi connectivity index (χ2n) is 6.30. The van der Waals surface area contributed by atoms with Gasteiger partial charge in [-0.15, -0.1) is 0 Å². The molecule has 1 aromatic rings. The Bertz CT molecular complexity index is 523. The van der Waals surface area contributed by atoms with E-state index in [9.17, 15) is 4.79 Å². The van der Waals surface area contributed by atoms with Crippen LogP contribution in [0.4, 0.5) is 0 Å². The fraction of sp³-hybridized carbons (Fsp3) is 0.588. The van der Waals surface area contributed by atoms with Gasteiger partial charge in [-0.05, 0) is 31.9 Å². The zero-order chi connectivity index (χ0) is 14.8. The lowest BCUT2D eigenvalue weighted by Gasteiger charge is -2.32. The Labute approximate surface area is 127 Å². The van der Waals surface area contributed by atoms with E-state index < -0.39 is 0 Å². The molecule has 4 heteroatoms. The number of hydrogen-bond acceptors (Lipinski definition) is 3. The van der Waals surface area contributed by atoms with Crippen LogP contribution in [-0.2, 0) is 0 Å². The van der Waals surface area contributed by atoms with Crippen LogP contribution < -0.4 is 5.32 Å². The van der Waals surface area contributed by atoms with E-state index in [1.54, 1.807) is 0 Å². The van der Waals surface area contributed by atoms with Gasteiger partial charge < -0.3 is 10.2 Å². The van der Waals surface area contributed by atoms with Gasteiger partial charge in [-0.2, -0.15) is 0 Å². The molecule has 21 heavy (non-hydrogen) atoms. The van der Waals surface area contributed by atoms with E-state index in [1.165, 1.54) is 0 Å². The van der Waals surface area contributed by atoms with Crippen molar-refractivity contribution >= 4 is 5.91 Å². The van der Waals surface area contributed by atoms with Crippen molar-refractivity contribution in [3.8, 4) is 0 Å². The molecule has 1 atom stereocenters. The number of amides is 1. The average molecular weight is 287 g/mol. The van der Waals surface area contributed by atoms with Crippen LogP contribution in [0.3, 0.4) is 0 Å². The van der Waals surface area contributed by atoms with Crippen molar-refractivity contribution in [1.29, 1.82) is 0 Å². The highest BCUT2D eigenvalue weighted by Gasteiger charge is 2.31. The van der Waals surface area contributed by atoms with Gasteiger partial charge in [0.05, 0.1) is 0 Å². The molecule has 2 fully saturated rings. The molecule has 0 spiro atoms. The summed E-state index contributed by atoms with van der Waals surface area (Å²) < 4.78 is 0. The topological polar surface area (TPSA) is 35.6 Å². The Hall–Kier alpha value is -1.39. The second kappa shape index (κ2) is 6.16. The zero-order valence-electron chi connectivity index (χ0n) is 13.1. The third-order valence-electron chi connectivity index (χ3n) is 4.74. The van der Waals surface area contributed by atoms with Crippen molar-refractivity contribution in [1.82, 2.24) is 15.1 Å². The number of piperazine rings is 1. The minimum Gasteiger partial charge on any atom is -0.337 e. The summed E-state index contributed by atoms with van der Waals surface area (Å²) in [4.78, 5) is 17.3. The van der Waals surface area contributed by atoms with Crippen molar-refractivity contribution in [2.75, 3.05) is 39.3 Å². The van der Waals surface area contributed by atoms with Crippen LogP contribution in [0.15, 0.2) is 18.2 Å². The quantitative estimate of drug-likeness (QED) is 0.893. The number of aryl methyl sites for hydroxylation is 2. The Morgan fingerprint density at radius 3 is 2.71 bits per heavy atom. The van der Waals surface area contributed by atoms with Crippen molar-refractivity contribution in [3.63, 3.8) is 0 Å². The van der Waals surface area contributed by atoms with Gasteiger partial charge in [-0.3, -0.25) is 9.69 Å². The minimum atomic E-state index is 0.203. The number of nitrogens with zero attached hydrogens (tertiary/aromatic N) is 2. The highest BCUT2D eigenvalue weighted by molar-refractivity contribution is 5.96. The molecule has 3 rings (SSSR count). The van der Waals surface area contributed by atoms with E-state index in [1.807, 2.05) is 30.9 Å². The molecule has 4 nitrogen and oxygen atoms in total. The Balaban J connectivity index is 1.67. The largest absolute Gasteiger partial charge is 0.337 e. The summed E-state index contributed by atoms with van der Waals surface area (Å²) >= 11 is 0. The molecule has 2 heterocycles. The van der Waals surface area contributed by atoms with Crippen molar-refractivity contribution in [2.45, 2.75) is 26.3 Å². The molecule has 2 aliphatic rings. The van der Waals surface area contributed by atoms with Crippen LogP contribution >= 0.6 is 0 Å². The summed E-state index contributed by atoms with van der Waals surface area (Å²) in [5.74, 6) is 0.203. The van der Waals surface area contributed by atoms with E-state index >= 15 is 0 Å². The van der Waals surface area contributed by atoms with Crippen LogP contribution in [0.25, 0.3) is 0 Å². The first-order chi connectivity index (χ1) is 10.1. The lowest BCUT2D eigenvalue weighted by Crippen LogP contribution is -2.49. The maximum atomic E-state index is 12.7. The normalized spacial score (nSPS) is 23.5. The summed E-state index contributed by atoms with van der Waals surface area (Å²) in [5.41, 5.74) is 3.11. The predicted octanol–water partition coefficient (Wildman–Crippen LogP) is 1.42. The summed E-state index contributed by atoms with van der Waals surface area (Å²) in [6, 6.07) is 6.68. The van der Waals surface area contributed by atoms with Gasteiger partial charge in [0.15, 0.2) is 0 Å². The van der Waals surface area contributed by atoms with E-state index in [4.69, 9.17) is 0 Å². The molecule has 0 saturated carbocycles. The summed E-state index contributed by atoms with van der Waals surface area (Å²) in [6.07, 6.45) is 1.11. The second-order valence-corrected chi connectivity index (χ2v) is 6.30. The number of rotatable bonds is 2. The van der Waals surface area contributed by atoms with Crippen molar-refractivity contribution in [2.24, 2.45) is 0 Å². The fourth-order valence-corrected chi connectivity index (χ4v) is 3.41. The molecule has 2 saturated heterocycles. The molecule has 1 N–H and O–H groups in total. The molecule has 0 radical (unpaired) electrons. The molecule has 1 unspecified atom stereocenters. The Morgan fingerprint density at radius 2 is 1.95 bits per heavy atom. The standard InChI is InChI=1S/C17H25N3O/c1-13-3-4-14(2)16(11-13)17(21)20-8-5-15(12-20)19-9-6-18-7-10-19/h3-4,11,15,18H,5-10,12H2,1-2H3. The monoisotopic (exact) mass is 287 g/mol. The van der Waals surface area contributed by atoms with Crippen LogP contribution in [0.2, 0.25) is 0 Å². The maximum absolute atomic E-state index is 12.7. The van der Waals surface area contributed by atoms with E-state index in [-0.39, 0.29) is 5.91 Å². The highest BCUT2D eigenvalue weighted by Crippen LogP contribution is 2.20. The average Bonchev–Trinajstić information content (AvgIpc) is 3.00. The number of benzene rings is 1. The summed E-state index contributed by atoms with van der Waals surface area (Å²) in [6.45, 7) is 10.2. The van der Waals surface area contributed by atoms with Gasteiger partial charge in [0, 0.05) is 50.9 Å². The van der Waals surface area contributed by atoms with Gasteiger partial charge in [0.1, 0.15) is 0 Å². The molecule has 1 aromatic carbocycles. The first kappa shape index (κ1) is 14.5. The molecule has 114 valence electrons. The first-order valence-electron chi connectivity index (χ1n) is 7.96. The van der Waals surface area contributed by atoms with Crippen LogP contribution in [0.1, 0.15) is 27.9 Å². The molecule has 2 aliphatic heterocycles. The molecule has 1 amide bonds. The molecular weight excluding hydrogens is 262 g/mol. The number of hydrogen-bond donors (Lipinski definition) is 1. The lowest BCUT2D eigenvalue weighted by atomic mass is 10.0. The number of carbonyl (C=O) groups is 1. The van der Waals surface area contributed by atoms with Crippen molar-refractivity contribution < 1.29 is 4.79 Å².